The van der Waals surface area contributed by atoms with Crippen LogP contribution in [0.2, 0.25) is 0 Å². The molecule has 1 aliphatic rings. The fraction of sp³-hybridized carbons (Fsp3) is 0.400. The molecule has 1 fully saturated rings. The first-order valence-electron chi connectivity index (χ1n) is 6.84. The number of hydrogen-bond donors (Lipinski definition) is 1. The van der Waals surface area contributed by atoms with Crippen molar-refractivity contribution in [2.24, 2.45) is 0 Å². The number of rotatable bonds is 4. The Morgan fingerprint density at radius 2 is 2.20 bits per heavy atom. The number of benzene rings is 1. The van der Waals surface area contributed by atoms with Crippen LogP contribution in [0.1, 0.15) is 18.6 Å². The summed E-state index contributed by atoms with van der Waals surface area (Å²) in [7, 11) is 0. The average molecular weight is 292 g/mol. The van der Waals surface area contributed by atoms with Crippen molar-refractivity contribution in [3.8, 4) is 11.3 Å². The summed E-state index contributed by atoms with van der Waals surface area (Å²) < 4.78 is 18.2. The third kappa shape index (κ3) is 3.41. The van der Waals surface area contributed by atoms with Crippen molar-refractivity contribution in [2.75, 3.05) is 11.5 Å². The second-order valence-electron chi connectivity index (χ2n) is 4.98. The number of halogens is 1. The first-order chi connectivity index (χ1) is 9.81. The minimum Gasteiger partial charge on any atom is -0.359 e. The second-order valence-corrected chi connectivity index (χ2v) is 6.13. The fourth-order valence-corrected chi connectivity index (χ4v) is 3.41. The minimum absolute atomic E-state index is 0.242. The molecule has 0 unspecified atom stereocenters. The molecule has 2 heterocycles. The third-order valence-electron chi connectivity index (χ3n) is 3.42. The zero-order chi connectivity index (χ0) is 13.8. The number of hydrogen-bond acceptors (Lipinski definition) is 4. The van der Waals surface area contributed by atoms with Crippen molar-refractivity contribution in [3.63, 3.8) is 0 Å². The smallest absolute Gasteiger partial charge is 0.151 e. The Morgan fingerprint density at radius 3 is 2.95 bits per heavy atom. The van der Waals surface area contributed by atoms with E-state index in [1.54, 1.807) is 12.1 Å². The van der Waals surface area contributed by atoms with Gasteiger partial charge in [-0.1, -0.05) is 5.16 Å². The molecule has 1 atom stereocenters. The standard InChI is InChI=1S/C15H17FN2OS/c16-12-5-3-11(4-6-12)15-8-14(19-18-15)9-17-13-2-1-7-20-10-13/h3-6,8,13,17H,1-2,7,9-10H2/t13-/m1/s1. The molecule has 0 radical (unpaired) electrons. The van der Waals surface area contributed by atoms with Crippen LogP contribution in [-0.2, 0) is 6.54 Å². The van der Waals surface area contributed by atoms with Gasteiger partial charge in [-0.15, -0.1) is 0 Å². The average Bonchev–Trinajstić information content (AvgIpc) is 2.96. The first kappa shape index (κ1) is 13.6. The van der Waals surface area contributed by atoms with Crippen LogP contribution in [-0.4, -0.2) is 22.7 Å². The molecule has 1 aromatic carbocycles. The van der Waals surface area contributed by atoms with Crippen LogP contribution in [0.3, 0.4) is 0 Å². The van der Waals surface area contributed by atoms with E-state index in [1.807, 2.05) is 17.8 Å². The highest BCUT2D eigenvalue weighted by molar-refractivity contribution is 7.99. The third-order valence-corrected chi connectivity index (χ3v) is 4.64. The van der Waals surface area contributed by atoms with E-state index >= 15 is 0 Å². The monoisotopic (exact) mass is 292 g/mol. The molecule has 1 aliphatic heterocycles. The molecule has 1 aromatic heterocycles. The molecule has 0 saturated carbocycles. The molecular weight excluding hydrogens is 275 g/mol. The molecule has 2 aromatic rings. The highest BCUT2D eigenvalue weighted by Crippen LogP contribution is 2.20. The minimum atomic E-state index is -0.242. The predicted octanol–water partition coefficient (Wildman–Crippen LogP) is 3.47. The van der Waals surface area contributed by atoms with Crippen LogP contribution < -0.4 is 5.32 Å². The van der Waals surface area contributed by atoms with E-state index in [2.05, 4.69) is 10.5 Å². The van der Waals surface area contributed by atoms with Gasteiger partial charge in [0.25, 0.3) is 0 Å². The van der Waals surface area contributed by atoms with Crippen LogP contribution >= 0.6 is 11.8 Å². The van der Waals surface area contributed by atoms with Gasteiger partial charge in [0.15, 0.2) is 5.76 Å². The van der Waals surface area contributed by atoms with Crippen molar-refractivity contribution < 1.29 is 8.91 Å². The van der Waals surface area contributed by atoms with Gasteiger partial charge in [-0.3, -0.25) is 0 Å². The zero-order valence-corrected chi connectivity index (χ0v) is 12.0. The number of thioether (sulfide) groups is 1. The van der Waals surface area contributed by atoms with Crippen molar-refractivity contribution >= 4 is 11.8 Å². The van der Waals surface area contributed by atoms with Gasteiger partial charge in [0.1, 0.15) is 11.5 Å². The van der Waals surface area contributed by atoms with Gasteiger partial charge >= 0.3 is 0 Å². The number of aromatic nitrogens is 1. The second kappa shape index (κ2) is 6.41. The summed E-state index contributed by atoms with van der Waals surface area (Å²) in [6, 6.07) is 8.76. The van der Waals surface area contributed by atoms with Crippen molar-refractivity contribution in [1.82, 2.24) is 10.5 Å². The van der Waals surface area contributed by atoms with E-state index in [0.717, 1.165) is 17.0 Å². The Morgan fingerprint density at radius 1 is 1.35 bits per heavy atom. The van der Waals surface area contributed by atoms with E-state index in [-0.39, 0.29) is 5.82 Å². The fourth-order valence-electron chi connectivity index (χ4n) is 2.30. The van der Waals surface area contributed by atoms with Gasteiger partial charge in [-0.2, -0.15) is 11.8 Å². The predicted molar refractivity (Wildman–Crippen MR) is 79.1 cm³/mol. The van der Waals surface area contributed by atoms with Gasteiger partial charge in [-0.05, 0) is 42.9 Å². The van der Waals surface area contributed by atoms with Gasteiger partial charge in [0.05, 0.1) is 6.54 Å². The molecule has 3 rings (SSSR count). The summed E-state index contributed by atoms with van der Waals surface area (Å²) in [5, 5.41) is 7.53. The maximum atomic E-state index is 12.9. The summed E-state index contributed by atoms with van der Waals surface area (Å²) >= 11 is 2.00. The maximum absolute atomic E-state index is 12.9. The van der Waals surface area contributed by atoms with Gasteiger partial charge in [0, 0.05) is 23.4 Å². The zero-order valence-electron chi connectivity index (χ0n) is 11.1. The first-order valence-corrected chi connectivity index (χ1v) is 7.99. The molecular formula is C15H17FN2OS. The summed E-state index contributed by atoms with van der Waals surface area (Å²) in [4.78, 5) is 0. The van der Waals surface area contributed by atoms with Crippen LogP contribution in [0.5, 0.6) is 0 Å². The van der Waals surface area contributed by atoms with E-state index in [1.165, 1.54) is 36.5 Å². The number of nitrogens with zero attached hydrogens (tertiary/aromatic N) is 1. The van der Waals surface area contributed by atoms with E-state index in [0.29, 0.717) is 12.6 Å². The van der Waals surface area contributed by atoms with Crippen molar-refractivity contribution in [2.45, 2.75) is 25.4 Å². The Hall–Kier alpha value is -1.33. The lowest BCUT2D eigenvalue weighted by atomic mass is 10.1. The summed E-state index contributed by atoms with van der Waals surface area (Å²) in [5.74, 6) is 3.02. The number of nitrogens with one attached hydrogen (secondary N) is 1. The molecule has 0 bridgehead atoms. The SMILES string of the molecule is Fc1ccc(-c2cc(CN[C@@H]3CCCSC3)on2)cc1. The Balaban J connectivity index is 1.60. The molecule has 0 spiro atoms. The summed E-state index contributed by atoms with van der Waals surface area (Å²) in [6.45, 7) is 0.694. The van der Waals surface area contributed by atoms with E-state index in [4.69, 9.17) is 4.52 Å². The lowest BCUT2D eigenvalue weighted by molar-refractivity contribution is 0.363. The quantitative estimate of drug-likeness (QED) is 0.936. The van der Waals surface area contributed by atoms with Crippen molar-refractivity contribution in [1.29, 1.82) is 0 Å². The maximum Gasteiger partial charge on any atom is 0.151 e. The molecule has 1 N–H and O–H groups in total. The Bertz CT molecular complexity index is 549. The molecule has 3 nitrogen and oxygen atoms in total. The van der Waals surface area contributed by atoms with Crippen LogP contribution in [0, 0.1) is 5.82 Å². The van der Waals surface area contributed by atoms with E-state index in [9.17, 15) is 4.39 Å². The summed E-state index contributed by atoms with van der Waals surface area (Å²) in [5.41, 5.74) is 1.62. The Kier molecular flexibility index (Phi) is 4.38. The van der Waals surface area contributed by atoms with Gasteiger partial charge in [-0.25, -0.2) is 4.39 Å². The molecule has 20 heavy (non-hydrogen) atoms. The topological polar surface area (TPSA) is 38.1 Å². The van der Waals surface area contributed by atoms with Crippen LogP contribution in [0.4, 0.5) is 4.39 Å². The summed E-state index contributed by atoms with van der Waals surface area (Å²) in [6.07, 6.45) is 2.51. The molecule has 5 heteroatoms. The highest BCUT2D eigenvalue weighted by Gasteiger charge is 2.14. The van der Waals surface area contributed by atoms with Crippen molar-refractivity contribution in [3.05, 3.63) is 41.9 Å². The molecule has 106 valence electrons. The van der Waals surface area contributed by atoms with Gasteiger partial charge < -0.3 is 9.84 Å². The lowest BCUT2D eigenvalue weighted by Crippen LogP contribution is -2.33. The van der Waals surface area contributed by atoms with Crippen LogP contribution in [0.15, 0.2) is 34.9 Å². The normalized spacial score (nSPS) is 19.1. The lowest BCUT2D eigenvalue weighted by Gasteiger charge is -2.21. The molecule has 0 amide bonds. The largest absolute Gasteiger partial charge is 0.359 e. The van der Waals surface area contributed by atoms with E-state index < -0.39 is 0 Å². The molecule has 1 saturated heterocycles. The highest BCUT2D eigenvalue weighted by atomic mass is 32.2. The Labute approximate surface area is 121 Å². The van der Waals surface area contributed by atoms with Gasteiger partial charge in [0.2, 0.25) is 0 Å². The van der Waals surface area contributed by atoms with Crippen LogP contribution in [0.25, 0.3) is 11.3 Å². The molecule has 0 aliphatic carbocycles.